The predicted molar refractivity (Wildman–Crippen MR) is 207 cm³/mol. The lowest BCUT2D eigenvalue weighted by Gasteiger charge is -2.65. The van der Waals surface area contributed by atoms with Crippen molar-refractivity contribution in [3.8, 4) is 0 Å². The Balaban J connectivity index is 0.803. The van der Waals surface area contributed by atoms with Crippen LogP contribution in [0.1, 0.15) is 88.4 Å². The molecule has 0 bridgehead atoms. The average Bonchev–Trinajstić information content (AvgIpc) is 3.86. The number of benzene rings is 2. The average molecular weight is 780 g/mol. The van der Waals surface area contributed by atoms with Crippen molar-refractivity contribution in [2.75, 3.05) is 22.1 Å². The fraction of sp³-hybridized carbons (Fsp3) is 0.500. The van der Waals surface area contributed by atoms with Gasteiger partial charge in [-0.3, -0.25) is 24.0 Å². The number of hydrogen-bond donors (Lipinski definition) is 4. The maximum Gasteiger partial charge on any atom is 0.331 e. The molecule has 0 aromatic heterocycles. The summed E-state index contributed by atoms with van der Waals surface area (Å²) in [6, 6.07) is 12.7. The number of carbonyl (C=O) groups is 6. The lowest BCUT2D eigenvalue weighted by molar-refractivity contribution is -0.245. The second-order valence-electron chi connectivity index (χ2n) is 17.2. The predicted octanol–water partition coefficient (Wildman–Crippen LogP) is 5.23. The highest BCUT2D eigenvalue weighted by Crippen LogP contribution is 2.70. The van der Waals surface area contributed by atoms with Crippen LogP contribution in [0.4, 0.5) is 17.1 Å². The Bertz CT molecular complexity index is 2060. The molecule has 4 aliphatic carbocycles. The van der Waals surface area contributed by atoms with E-state index in [0.717, 1.165) is 29.7 Å². The molecule has 2 aliphatic heterocycles. The monoisotopic (exact) mass is 779 g/mol. The number of aliphatic hydroxyl groups is 2. The summed E-state index contributed by atoms with van der Waals surface area (Å²) >= 11 is 0. The standard InChI is InChI=1S/C44H49N3O10/c1-42-18-16-31(22-27(42)6-11-33-34(42)23-35(48)43(2)32(17-19-44(33,43)55)26-21-40(53)56-24-26)57-39(52)15-12-36(49)45-28-7-9-29(10-8-28)46-41(54)25-4-3-5-30(20-25)47-37(50)13-14-38(47)51/h3-5,7-10,13-14,20-21,27,31-35,48,55H,6,11-12,15-19,22-24H2,1-2H3,(H,45,49)(H,46,54). The van der Waals surface area contributed by atoms with Crippen molar-refractivity contribution in [2.45, 2.75) is 95.9 Å². The van der Waals surface area contributed by atoms with Gasteiger partial charge in [0.1, 0.15) is 12.7 Å². The van der Waals surface area contributed by atoms with Gasteiger partial charge in [0.25, 0.3) is 17.7 Å². The number of hydrogen-bond acceptors (Lipinski definition) is 10. The number of anilines is 3. The number of nitrogens with one attached hydrogen (secondary N) is 2. The first-order valence-electron chi connectivity index (χ1n) is 20.0. The maximum absolute atomic E-state index is 13.0. The number of nitrogens with zero attached hydrogens (tertiary/aromatic N) is 1. The molecule has 0 radical (unpaired) electrons. The zero-order valence-corrected chi connectivity index (χ0v) is 32.2. The minimum Gasteiger partial charge on any atom is -0.462 e. The molecule has 2 aromatic rings. The molecular weight excluding hydrogens is 730 g/mol. The number of carbonyl (C=O) groups excluding carboxylic acids is 6. The van der Waals surface area contributed by atoms with Crippen molar-refractivity contribution in [1.29, 1.82) is 0 Å². The lowest BCUT2D eigenvalue weighted by atomic mass is 9.42. The summed E-state index contributed by atoms with van der Waals surface area (Å²) in [6.07, 6.45) is 8.60. The smallest absolute Gasteiger partial charge is 0.331 e. The fourth-order valence-electron chi connectivity index (χ4n) is 11.4. The molecule has 8 rings (SSSR count). The first kappa shape index (κ1) is 38.7. The highest BCUT2D eigenvalue weighted by atomic mass is 16.5. The van der Waals surface area contributed by atoms with E-state index in [9.17, 15) is 39.0 Å². The third-order valence-corrected chi connectivity index (χ3v) is 14.5. The van der Waals surface area contributed by atoms with Gasteiger partial charge in [0, 0.05) is 47.0 Å². The van der Waals surface area contributed by atoms with Crippen LogP contribution in [0.15, 0.2) is 72.3 Å². The lowest BCUT2D eigenvalue weighted by Crippen LogP contribution is -2.67. The van der Waals surface area contributed by atoms with Gasteiger partial charge in [-0.05, 0) is 128 Å². The van der Waals surface area contributed by atoms with Crippen LogP contribution in [-0.4, -0.2) is 70.2 Å². The van der Waals surface area contributed by atoms with E-state index >= 15 is 0 Å². The van der Waals surface area contributed by atoms with Crippen LogP contribution in [0.5, 0.6) is 0 Å². The van der Waals surface area contributed by atoms with Gasteiger partial charge >= 0.3 is 11.9 Å². The van der Waals surface area contributed by atoms with Gasteiger partial charge in [0.05, 0.1) is 23.8 Å². The first-order chi connectivity index (χ1) is 27.2. The molecule has 4 fully saturated rings. The molecule has 2 heterocycles. The van der Waals surface area contributed by atoms with E-state index in [1.165, 1.54) is 18.2 Å². The third kappa shape index (κ3) is 6.78. The Morgan fingerprint density at radius 3 is 2.30 bits per heavy atom. The quantitative estimate of drug-likeness (QED) is 0.194. The number of fused-ring (bicyclic) bond motifs is 5. The summed E-state index contributed by atoms with van der Waals surface area (Å²) in [7, 11) is 0. The van der Waals surface area contributed by atoms with Crippen LogP contribution in [0, 0.1) is 34.5 Å². The topological polar surface area (TPSA) is 189 Å². The molecule has 57 heavy (non-hydrogen) atoms. The summed E-state index contributed by atoms with van der Waals surface area (Å²) in [5.74, 6) is -2.21. The highest BCUT2D eigenvalue weighted by molar-refractivity contribution is 6.28. The molecule has 13 heteroatoms. The van der Waals surface area contributed by atoms with Gasteiger partial charge < -0.3 is 30.3 Å². The van der Waals surface area contributed by atoms with Gasteiger partial charge in [-0.25, -0.2) is 9.69 Å². The normalized spacial score (nSPS) is 34.1. The number of rotatable bonds is 9. The molecular formula is C44H49N3O10. The molecule has 4 N–H and O–H groups in total. The van der Waals surface area contributed by atoms with Crippen LogP contribution in [-0.2, 0) is 33.4 Å². The number of ether oxygens (including phenoxy) is 2. The van der Waals surface area contributed by atoms with Crippen molar-refractivity contribution in [3.05, 3.63) is 77.9 Å². The molecule has 0 saturated heterocycles. The summed E-state index contributed by atoms with van der Waals surface area (Å²) < 4.78 is 11.1. The molecule has 6 aliphatic rings. The summed E-state index contributed by atoms with van der Waals surface area (Å²) in [5.41, 5.74) is 0.448. The zero-order valence-electron chi connectivity index (χ0n) is 32.2. The van der Waals surface area contributed by atoms with Gasteiger partial charge in [-0.2, -0.15) is 0 Å². The Morgan fingerprint density at radius 2 is 1.60 bits per heavy atom. The van der Waals surface area contributed by atoms with Crippen LogP contribution in [0.25, 0.3) is 0 Å². The number of cyclic esters (lactones) is 1. The molecule has 0 spiro atoms. The molecule has 4 saturated carbocycles. The molecule has 2 aromatic carbocycles. The number of esters is 2. The Kier molecular flexibility index (Phi) is 9.96. The minimum absolute atomic E-state index is 0.0341. The van der Waals surface area contributed by atoms with Crippen molar-refractivity contribution in [2.24, 2.45) is 34.5 Å². The van der Waals surface area contributed by atoms with Crippen LogP contribution < -0.4 is 15.5 Å². The Hall–Kier alpha value is -5.14. The van der Waals surface area contributed by atoms with Gasteiger partial charge in [0.2, 0.25) is 5.91 Å². The Morgan fingerprint density at radius 1 is 0.877 bits per heavy atom. The van der Waals surface area contributed by atoms with Crippen LogP contribution >= 0.6 is 0 Å². The van der Waals surface area contributed by atoms with E-state index in [2.05, 4.69) is 17.6 Å². The highest BCUT2D eigenvalue weighted by Gasteiger charge is 2.70. The summed E-state index contributed by atoms with van der Waals surface area (Å²) in [4.78, 5) is 75.6. The molecule has 13 nitrogen and oxygen atoms in total. The number of aliphatic hydroxyl groups excluding tert-OH is 1. The SMILES string of the molecule is CC12CCC(OC(=O)CCC(=O)Nc3ccc(NC(=O)c4cccc(N5C(=O)C=CC5=O)c4)cc3)CC1CCC1C2CC(O)C2(C)C(C3=CC(=O)OC3)CCC12O. The fourth-order valence-corrected chi connectivity index (χ4v) is 11.4. The van der Waals surface area contributed by atoms with E-state index in [1.54, 1.807) is 48.5 Å². The maximum atomic E-state index is 13.0. The van der Waals surface area contributed by atoms with Crippen LogP contribution in [0.2, 0.25) is 0 Å². The second kappa shape index (κ2) is 14.7. The van der Waals surface area contributed by atoms with Gasteiger partial charge in [-0.15, -0.1) is 0 Å². The van der Waals surface area contributed by atoms with Crippen molar-refractivity contribution >= 4 is 52.6 Å². The minimum atomic E-state index is -1.05. The van der Waals surface area contributed by atoms with Crippen LogP contribution in [0.3, 0.4) is 0 Å². The number of amides is 4. The molecule has 9 atom stereocenters. The second-order valence-corrected chi connectivity index (χ2v) is 17.2. The van der Waals surface area contributed by atoms with E-state index < -0.39 is 40.8 Å². The Labute approximate surface area is 330 Å². The van der Waals surface area contributed by atoms with Gasteiger partial charge in [0.15, 0.2) is 0 Å². The van der Waals surface area contributed by atoms with E-state index in [0.29, 0.717) is 43.5 Å². The molecule has 9 unspecified atom stereocenters. The van der Waals surface area contributed by atoms with Crippen molar-refractivity contribution in [1.82, 2.24) is 0 Å². The van der Waals surface area contributed by atoms with Crippen molar-refractivity contribution < 1.29 is 48.5 Å². The molecule has 300 valence electrons. The first-order valence-corrected chi connectivity index (χ1v) is 20.0. The summed E-state index contributed by atoms with van der Waals surface area (Å²) in [5, 5.41) is 29.8. The summed E-state index contributed by atoms with van der Waals surface area (Å²) in [6.45, 7) is 4.52. The van der Waals surface area contributed by atoms with E-state index in [1.807, 2.05) is 6.92 Å². The largest absolute Gasteiger partial charge is 0.462 e. The third-order valence-electron chi connectivity index (χ3n) is 14.5. The van der Waals surface area contributed by atoms with Crippen molar-refractivity contribution in [3.63, 3.8) is 0 Å². The zero-order chi connectivity index (χ0) is 40.3. The number of imide groups is 1. The molecule has 4 amide bonds. The van der Waals surface area contributed by atoms with E-state index in [4.69, 9.17) is 9.47 Å². The van der Waals surface area contributed by atoms with Gasteiger partial charge in [-0.1, -0.05) is 19.9 Å². The van der Waals surface area contributed by atoms with E-state index in [-0.39, 0.29) is 77.8 Å².